The lowest BCUT2D eigenvalue weighted by molar-refractivity contribution is -0.121. The Hall–Kier alpha value is -2.37. The maximum Gasteiger partial charge on any atom is 0.220 e. The SMILES string of the molecule is CC(C)N(C)c1ccccc1CNC(=O)CCc1cnn(C)n1. The van der Waals surface area contributed by atoms with Crippen LogP contribution in [0.15, 0.2) is 30.5 Å². The van der Waals surface area contributed by atoms with Crippen LogP contribution in [0.3, 0.4) is 0 Å². The number of nitrogens with one attached hydrogen (secondary N) is 1. The fourth-order valence-electron chi connectivity index (χ4n) is 2.31. The quantitative estimate of drug-likeness (QED) is 0.848. The maximum atomic E-state index is 12.0. The van der Waals surface area contributed by atoms with Gasteiger partial charge in [0.1, 0.15) is 0 Å². The summed E-state index contributed by atoms with van der Waals surface area (Å²) in [5, 5.41) is 11.2. The van der Waals surface area contributed by atoms with E-state index in [1.54, 1.807) is 13.2 Å². The van der Waals surface area contributed by atoms with E-state index < -0.39 is 0 Å². The maximum absolute atomic E-state index is 12.0. The third kappa shape index (κ3) is 4.81. The first-order chi connectivity index (χ1) is 11.0. The minimum Gasteiger partial charge on any atom is -0.372 e. The number of hydrogen-bond donors (Lipinski definition) is 1. The summed E-state index contributed by atoms with van der Waals surface area (Å²) in [7, 11) is 3.84. The lowest BCUT2D eigenvalue weighted by Gasteiger charge is -2.26. The van der Waals surface area contributed by atoms with Crippen LogP contribution in [0, 0.1) is 0 Å². The summed E-state index contributed by atoms with van der Waals surface area (Å²) < 4.78 is 0. The lowest BCUT2D eigenvalue weighted by atomic mass is 10.1. The average Bonchev–Trinajstić information content (AvgIpc) is 2.96. The Morgan fingerprint density at radius 1 is 1.35 bits per heavy atom. The van der Waals surface area contributed by atoms with Gasteiger partial charge in [-0.25, -0.2) is 0 Å². The Labute approximate surface area is 137 Å². The molecule has 2 rings (SSSR count). The molecule has 6 heteroatoms. The number of para-hydroxylation sites is 1. The Morgan fingerprint density at radius 2 is 2.09 bits per heavy atom. The van der Waals surface area contributed by atoms with E-state index in [1.807, 2.05) is 12.1 Å². The highest BCUT2D eigenvalue weighted by atomic mass is 16.1. The molecule has 0 saturated carbocycles. The molecule has 23 heavy (non-hydrogen) atoms. The van der Waals surface area contributed by atoms with Crippen molar-refractivity contribution >= 4 is 11.6 Å². The predicted molar refractivity (Wildman–Crippen MR) is 91.2 cm³/mol. The van der Waals surface area contributed by atoms with Crippen molar-refractivity contribution < 1.29 is 4.79 Å². The second-order valence-corrected chi connectivity index (χ2v) is 5.94. The summed E-state index contributed by atoms with van der Waals surface area (Å²) in [6, 6.07) is 8.56. The van der Waals surface area contributed by atoms with Gasteiger partial charge in [-0.3, -0.25) is 4.79 Å². The number of carbonyl (C=O) groups is 1. The molecule has 1 amide bonds. The number of rotatable bonds is 7. The molecule has 0 bridgehead atoms. The van der Waals surface area contributed by atoms with Crippen LogP contribution in [0.5, 0.6) is 0 Å². The van der Waals surface area contributed by atoms with Crippen LogP contribution in [0.1, 0.15) is 31.5 Å². The third-order valence-electron chi connectivity index (χ3n) is 3.88. The van der Waals surface area contributed by atoms with Crippen molar-refractivity contribution in [2.45, 2.75) is 39.3 Å². The van der Waals surface area contributed by atoms with Crippen molar-refractivity contribution in [3.05, 3.63) is 41.7 Å². The van der Waals surface area contributed by atoms with E-state index in [0.717, 1.165) is 16.9 Å². The van der Waals surface area contributed by atoms with Gasteiger partial charge in [-0.2, -0.15) is 15.0 Å². The third-order valence-corrected chi connectivity index (χ3v) is 3.88. The smallest absolute Gasteiger partial charge is 0.220 e. The minimum absolute atomic E-state index is 0.0256. The molecule has 0 aliphatic rings. The molecular weight excluding hydrogens is 290 g/mol. The van der Waals surface area contributed by atoms with E-state index in [-0.39, 0.29) is 5.91 Å². The zero-order valence-electron chi connectivity index (χ0n) is 14.3. The van der Waals surface area contributed by atoms with Crippen LogP contribution in [-0.2, 0) is 24.8 Å². The number of aryl methyl sites for hydroxylation is 2. The van der Waals surface area contributed by atoms with Gasteiger partial charge < -0.3 is 10.2 Å². The molecule has 0 aliphatic carbocycles. The number of aromatic nitrogens is 3. The molecule has 0 saturated heterocycles. The van der Waals surface area contributed by atoms with E-state index in [4.69, 9.17) is 0 Å². The van der Waals surface area contributed by atoms with Crippen LogP contribution in [0.2, 0.25) is 0 Å². The van der Waals surface area contributed by atoms with Gasteiger partial charge >= 0.3 is 0 Å². The minimum atomic E-state index is 0.0256. The number of carbonyl (C=O) groups excluding carboxylic acids is 1. The Bertz CT molecular complexity index is 650. The molecule has 1 aromatic heterocycles. The van der Waals surface area contributed by atoms with Crippen LogP contribution in [0.4, 0.5) is 5.69 Å². The summed E-state index contributed by atoms with van der Waals surface area (Å²) in [4.78, 5) is 15.7. The van der Waals surface area contributed by atoms with Gasteiger partial charge in [0.05, 0.1) is 11.9 Å². The summed E-state index contributed by atoms with van der Waals surface area (Å²) in [6.07, 6.45) is 2.72. The number of hydrogen-bond acceptors (Lipinski definition) is 4. The summed E-state index contributed by atoms with van der Waals surface area (Å²) >= 11 is 0. The van der Waals surface area contributed by atoms with Gasteiger partial charge in [0, 0.05) is 45.2 Å². The lowest BCUT2D eigenvalue weighted by Crippen LogP contribution is -2.29. The zero-order chi connectivity index (χ0) is 16.8. The van der Waals surface area contributed by atoms with Crippen LogP contribution >= 0.6 is 0 Å². The summed E-state index contributed by atoms with van der Waals surface area (Å²) in [5.41, 5.74) is 3.11. The standard InChI is InChI=1S/C17H25N5O/c1-13(2)21(3)16-8-6-5-7-14(16)11-18-17(23)10-9-15-12-19-22(4)20-15/h5-8,12-13H,9-11H2,1-4H3,(H,18,23). The first-order valence-corrected chi connectivity index (χ1v) is 7.90. The molecule has 0 atom stereocenters. The van der Waals surface area contributed by atoms with Gasteiger partial charge in [-0.05, 0) is 25.5 Å². The largest absolute Gasteiger partial charge is 0.372 e. The fraction of sp³-hybridized carbons (Fsp3) is 0.471. The average molecular weight is 315 g/mol. The Morgan fingerprint density at radius 3 is 2.74 bits per heavy atom. The van der Waals surface area contributed by atoms with E-state index in [0.29, 0.717) is 25.4 Å². The normalized spacial score (nSPS) is 10.8. The van der Waals surface area contributed by atoms with E-state index in [9.17, 15) is 4.79 Å². The summed E-state index contributed by atoms with van der Waals surface area (Å²) in [5.74, 6) is 0.0256. The van der Waals surface area contributed by atoms with E-state index in [1.165, 1.54) is 4.80 Å². The number of nitrogens with zero attached hydrogens (tertiary/aromatic N) is 4. The molecule has 1 aromatic carbocycles. The molecule has 1 N–H and O–H groups in total. The fourth-order valence-corrected chi connectivity index (χ4v) is 2.31. The highest BCUT2D eigenvalue weighted by Gasteiger charge is 2.11. The van der Waals surface area contributed by atoms with Crippen molar-refractivity contribution in [3.63, 3.8) is 0 Å². The predicted octanol–water partition coefficient (Wildman–Crippen LogP) is 1.91. The van der Waals surface area contributed by atoms with Crippen molar-refractivity contribution in [2.24, 2.45) is 7.05 Å². The molecule has 124 valence electrons. The first-order valence-electron chi connectivity index (χ1n) is 7.90. The van der Waals surface area contributed by atoms with Crippen molar-refractivity contribution in [1.82, 2.24) is 20.3 Å². The molecular formula is C17H25N5O. The van der Waals surface area contributed by atoms with Gasteiger partial charge in [0.25, 0.3) is 0 Å². The highest BCUT2D eigenvalue weighted by Crippen LogP contribution is 2.20. The molecule has 1 heterocycles. The van der Waals surface area contributed by atoms with E-state index in [2.05, 4.69) is 53.4 Å². The number of amides is 1. The van der Waals surface area contributed by atoms with Crippen LogP contribution < -0.4 is 10.2 Å². The Kier molecular flexibility index (Phi) is 5.73. The van der Waals surface area contributed by atoms with Crippen molar-refractivity contribution in [1.29, 1.82) is 0 Å². The van der Waals surface area contributed by atoms with Crippen molar-refractivity contribution in [3.8, 4) is 0 Å². The second kappa shape index (κ2) is 7.76. The molecule has 0 spiro atoms. The van der Waals surface area contributed by atoms with E-state index >= 15 is 0 Å². The van der Waals surface area contributed by atoms with Crippen LogP contribution in [-0.4, -0.2) is 34.0 Å². The molecule has 0 radical (unpaired) electrons. The van der Waals surface area contributed by atoms with Gasteiger partial charge in [-0.15, -0.1) is 0 Å². The van der Waals surface area contributed by atoms with Crippen LogP contribution in [0.25, 0.3) is 0 Å². The molecule has 6 nitrogen and oxygen atoms in total. The molecule has 0 fully saturated rings. The van der Waals surface area contributed by atoms with Gasteiger partial charge in [0.2, 0.25) is 5.91 Å². The second-order valence-electron chi connectivity index (χ2n) is 5.94. The monoisotopic (exact) mass is 315 g/mol. The molecule has 2 aromatic rings. The highest BCUT2D eigenvalue weighted by molar-refractivity contribution is 5.76. The number of anilines is 1. The Balaban J connectivity index is 1.89. The van der Waals surface area contributed by atoms with Crippen molar-refractivity contribution in [2.75, 3.05) is 11.9 Å². The van der Waals surface area contributed by atoms with Gasteiger partial charge in [-0.1, -0.05) is 18.2 Å². The van der Waals surface area contributed by atoms with Gasteiger partial charge in [0.15, 0.2) is 0 Å². The molecule has 0 unspecified atom stereocenters. The number of benzene rings is 1. The first kappa shape index (κ1) is 17.0. The molecule has 0 aliphatic heterocycles. The topological polar surface area (TPSA) is 63.1 Å². The zero-order valence-corrected chi connectivity index (χ0v) is 14.3. The summed E-state index contributed by atoms with van der Waals surface area (Å²) in [6.45, 7) is 4.83.